The second-order valence-corrected chi connectivity index (χ2v) is 12.7. The van der Waals surface area contributed by atoms with Gasteiger partial charge in [-0.1, -0.05) is 30.5 Å². The minimum atomic E-state index is -0.642. The number of anilines is 1. The van der Waals surface area contributed by atoms with Gasteiger partial charge in [-0.25, -0.2) is 9.78 Å². The van der Waals surface area contributed by atoms with Gasteiger partial charge in [-0.2, -0.15) is 4.68 Å². The Kier molecular flexibility index (Phi) is 10.3. The van der Waals surface area contributed by atoms with E-state index >= 15 is 0 Å². The highest BCUT2D eigenvalue weighted by Gasteiger charge is 2.28. The summed E-state index contributed by atoms with van der Waals surface area (Å²) in [6, 6.07) is 10.2. The first-order chi connectivity index (χ1) is 22.5. The molecular formula is C33H37ClN8O5. The number of imidazole rings is 1. The number of rotatable bonds is 6. The van der Waals surface area contributed by atoms with E-state index in [1.165, 1.54) is 24.2 Å². The molecule has 2 aromatic carbocycles. The fourth-order valence-electron chi connectivity index (χ4n) is 5.42. The molecule has 14 heteroatoms. The van der Waals surface area contributed by atoms with E-state index in [-0.39, 0.29) is 11.9 Å². The molecule has 0 fully saturated rings. The number of amides is 2. The van der Waals surface area contributed by atoms with Crippen molar-refractivity contribution in [2.45, 2.75) is 64.5 Å². The van der Waals surface area contributed by atoms with Crippen molar-refractivity contribution in [2.75, 3.05) is 12.4 Å². The first-order valence-corrected chi connectivity index (χ1v) is 15.6. The lowest BCUT2D eigenvalue weighted by Gasteiger charge is -2.25. The SMILES string of the molecule is COC(=O)Nc1ccc2c(c1)CC(C(=O)OC(C)(C)C)CCCC[C@H](NC(=O)C=Cc1cc(Cl)ccc1-n1cnnn1)c1ncc-2[nH]1. The highest BCUT2D eigenvalue weighted by Crippen LogP contribution is 2.32. The molecule has 1 aliphatic rings. The zero-order chi connectivity index (χ0) is 33.6. The van der Waals surface area contributed by atoms with Crippen molar-refractivity contribution in [3.05, 3.63) is 77.0 Å². The molecule has 0 aliphatic carbocycles. The Labute approximate surface area is 277 Å². The summed E-state index contributed by atoms with van der Waals surface area (Å²) in [7, 11) is 1.30. The van der Waals surface area contributed by atoms with Crippen LogP contribution in [-0.2, 0) is 25.5 Å². The number of hydrogen-bond donors (Lipinski definition) is 3. The van der Waals surface area contributed by atoms with Crippen LogP contribution >= 0.6 is 11.6 Å². The molecule has 0 radical (unpaired) electrons. The summed E-state index contributed by atoms with van der Waals surface area (Å²) in [5.74, 6) is -0.431. The number of halogens is 1. The molecule has 246 valence electrons. The summed E-state index contributed by atoms with van der Waals surface area (Å²) in [5, 5.41) is 17.6. The van der Waals surface area contributed by atoms with Crippen LogP contribution in [0.1, 0.15) is 69.4 Å². The topological polar surface area (TPSA) is 166 Å². The number of aromatic nitrogens is 6. The molecule has 47 heavy (non-hydrogen) atoms. The number of carbonyl (C=O) groups is 3. The lowest BCUT2D eigenvalue weighted by atomic mass is 9.89. The fourth-order valence-corrected chi connectivity index (χ4v) is 5.60. The van der Waals surface area contributed by atoms with Crippen LogP contribution in [0.15, 0.2) is 55.0 Å². The van der Waals surface area contributed by atoms with Crippen LogP contribution in [0.3, 0.4) is 0 Å². The lowest BCUT2D eigenvalue weighted by molar-refractivity contribution is -0.160. The number of ether oxygens (including phenoxy) is 2. The van der Waals surface area contributed by atoms with E-state index in [9.17, 15) is 14.4 Å². The number of H-pyrrole nitrogens is 1. The first kappa shape index (κ1) is 33.3. The van der Waals surface area contributed by atoms with Crippen LogP contribution in [0.5, 0.6) is 0 Å². The number of nitrogens with zero attached hydrogens (tertiary/aromatic N) is 5. The van der Waals surface area contributed by atoms with Crippen molar-refractivity contribution in [3.63, 3.8) is 0 Å². The maximum absolute atomic E-state index is 13.4. The Morgan fingerprint density at radius 2 is 1.91 bits per heavy atom. The fraction of sp³-hybridized carbons (Fsp3) is 0.364. The standard InChI is InChI=1S/C33H37ClN8O5/c1-33(2,3)47-31(44)21-7-5-6-8-26(38-29(43)14-9-20-16-23(34)10-13-28(20)42-19-36-40-41-42)30-35-18-27(39-30)25-12-11-24(17-22(25)15-21)37-32(45)46-4/h9-14,16-19,21,26H,5-8,15H2,1-4H3,(H,35,39)(H,37,45)(H,38,43)/t21?,26-/m0/s1. The Hall–Kier alpha value is -5.04. The predicted molar refractivity (Wildman–Crippen MR) is 176 cm³/mol. The van der Waals surface area contributed by atoms with Crippen LogP contribution in [0.4, 0.5) is 10.5 Å². The number of aromatic amines is 1. The molecule has 5 rings (SSSR count). The van der Waals surface area contributed by atoms with Gasteiger partial charge in [0.2, 0.25) is 5.91 Å². The van der Waals surface area contributed by atoms with Gasteiger partial charge in [0, 0.05) is 27.9 Å². The van der Waals surface area contributed by atoms with Gasteiger partial charge in [-0.05, 0) is 92.4 Å². The van der Waals surface area contributed by atoms with Gasteiger partial charge < -0.3 is 19.8 Å². The predicted octanol–water partition coefficient (Wildman–Crippen LogP) is 5.83. The van der Waals surface area contributed by atoms with E-state index in [4.69, 9.17) is 21.1 Å². The Morgan fingerprint density at radius 3 is 2.66 bits per heavy atom. The number of tetrazole rings is 1. The van der Waals surface area contributed by atoms with Gasteiger partial charge in [0.25, 0.3) is 0 Å². The molecule has 2 bridgehead atoms. The number of benzene rings is 2. The third-order valence-electron chi connectivity index (χ3n) is 7.57. The van der Waals surface area contributed by atoms with Crippen molar-refractivity contribution >= 4 is 41.3 Å². The maximum Gasteiger partial charge on any atom is 0.411 e. The quantitative estimate of drug-likeness (QED) is 0.170. The third-order valence-corrected chi connectivity index (χ3v) is 7.81. The molecule has 3 heterocycles. The highest BCUT2D eigenvalue weighted by molar-refractivity contribution is 6.30. The highest BCUT2D eigenvalue weighted by atomic mass is 35.5. The number of carbonyl (C=O) groups excluding carboxylic acids is 3. The molecular weight excluding hydrogens is 624 g/mol. The summed E-state index contributed by atoms with van der Waals surface area (Å²) in [5.41, 5.74) is 3.56. The molecule has 4 aromatic rings. The second-order valence-electron chi connectivity index (χ2n) is 12.2. The molecule has 2 amide bonds. The van der Waals surface area contributed by atoms with Crippen LogP contribution in [0, 0.1) is 5.92 Å². The molecule has 1 aliphatic heterocycles. The molecule has 0 saturated heterocycles. The maximum atomic E-state index is 13.4. The van der Waals surface area contributed by atoms with Crippen LogP contribution < -0.4 is 10.6 Å². The average Bonchev–Trinajstić information content (AvgIpc) is 3.73. The number of nitrogens with one attached hydrogen (secondary N) is 3. The zero-order valence-electron chi connectivity index (χ0n) is 26.6. The van der Waals surface area contributed by atoms with E-state index in [2.05, 4.69) is 36.1 Å². The van der Waals surface area contributed by atoms with Gasteiger partial charge in [0.1, 0.15) is 17.8 Å². The first-order valence-electron chi connectivity index (χ1n) is 15.3. The van der Waals surface area contributed by atoms with Gasteiger partial charge in [-0.3, -0.25) is 14.9 Å². The minimum Gasteiger partial charge on any atom is -0.460 e. The van der Waals surface area contributed by atoms with Crippen molar-refractivity contribution in [2.24, 2.45) is 5.92 Å². The number of hydrogen-bond acceptors (Lipinski definition) is 9. The average molecular weight is 661 g/mol. The normalized spacial score (nSPS) is 16.8. The molecule has 0 saturated carbocycles. The Bertz CT molecular complexity index is 1760. The Morgan fingerprint density at radius 1 is 1.11 bits per heavy atom. The molecule has 0 spiro atoms. The summed E-state index contributed by atoms with van der Waals surface area (Å²) >= 11 is 6.24. The molecule has 1 unspecified atom stereocenters. The molecule has 2 aromatic heterocycles. The summed E-state index contributed by atoms with van der Waals surface area (Å²) in [6.45, 7) is 5.54. The number of esters is 1. The van der Waals surface area contributed by atoms with Crippen molar-refractivity contribution < 1.29 is 23.9 Å². The van der Waals surface area contributed by atoms with Gasteiger partial charge in [0.05, 0.1) is 36.6 Å². The van der Waals surface area contributed by atoms with E-state index in [0.717, 1.165) is 17.5 Å². The summed E-state index contributed by atoms with van der Waals surface area (Å²) in [6.07, 6.45) is 8.67. The van der Waals surface area contributed by atoms with E-state index in [0.29, 0.717) is 59.2 Å². The zero-order valence-corrected chi connectivity index (χ0v) is 27.4. The minimum absolute atomic E-state index is 0.283. The monoisotopic (exact) mass is 660 g/mol. The number of methoxy groups -OCH3 is 1. The summed E-state index contributed by atoms with van der Waals surface area (Å²) in [4.78, 5) is 46.6. The molecule has 2 atom stereocenters. The van der Waals surface area contributed by atoms with Crippen LogP contribution in [0.25, 0.3) is 23.0 Å². The third kappa shape index (κ3) is 8.82. The van der Waals surface area contributed by atoms with Crippen LogP contribution in [-0.4, -0.2) is 60.9 Å². The van der Waals surface area contributed by atoms with Crippen molar-refractivity contribution in [3.8, 4) is 16.9 Å². The lowest BCUT2D eigenvalue weighted by Crippen LogP contribution is -2.30. The number of fused-ring (bicyclic) bond motifs is 4. The summed E-state index contributed by atoms with van der Waals surface area (Å²) < 4.78 is 12.1. The largest absolute Gasteiger partial charge is 0.460 e. The van der Waals surface area contributed by atoms with Crippen molar-refractivity contribution in [1.29, 1.82) is 0 Å². The smallest absolute Gasteiger partial charge is 0.411 e. The Balaban J connectivity index is 1.42. The molecule has 3 N–H and O–H groups in total. The van der Waals surface area contributed by atoms with Gasteiger partial charge >= 0.3 is 12.1 Å². The van der Waals surface area contributed by atoms with Gasteiger partial charge in [-0.15, -0.1) is 5.10 Å². The van der Waals surface area contributed by atoms with E-state index in [1.807, 2.05) is 32.9 Å². The van der Waals surface area contributed by atoms with E-state index < -0.39 is 23.7 Å². The van der Waals surface area contributed by atoms with Gasteiger partial charge in [0.15, 0.2) is 0 Å². The second kappa shape index (κ2) is 14.6. The van der Waals surface area contributed by atoms with Crippen molar-refractivity contribution in [1.82, 2.24) is 35.5 Å². The van der Waals surface area contributed by atoms with E-state index in [1.54, 1.807) is 36.5 Å². The van der Waals surface area contributed by atoms with Crippen LogP contribution in [0.2, 0.25) is 5.02 Å². The molecule has 13 nitrogen and oxygen atoms in total.